The molecule has 100 valence electrons. The fourth-order valence-electron chi connectivity index (χ4n) is 1.11. The Labute approximate surface area is 108 Å². The number of rotatable bonds is 2. The number of hydrogen-bond acceptors (Lipinski definition) is 2. The van der Waals surface area contributed by atoms with E-state index < -0.39 is 11.7 Å². The molecule has 0 saturated carbocycles. The summed E-state index contributed by atoms with van der Waals surface area (Å²) in [5.41, 5.74) is 9.98. The molecule has 0 bridgehead atoms. The first-order valence-electron chi connectivity index (χ1n) is 4.61. The van der Waals surface area contributed by atoms with E-state index in [9.17, 15) is 13.2 Å². The second-order valence-corrected chi connectivity index (χ2v) is 3.29. The fourth-order valence-corrected chi connectivity index (χ4v) is 1.11. The Balaban J connectivity index is 0.00000289. The van der Waals surface area contributed by atoms with E-state index in [0.717, 1.165) is 12.1 Å². The Hall–Kier alpha value is -1.76. The van der Waals surface area contributed by atoms with Gasteiger partial charge in [-0.1, -0.05) is 12.1 Å². The number of hydrogen-bond donors (Lipinski definition) is 2. The van der Waals surface area contributed by atoms with Crippen molar-refractivity contribution in [1.29, 1.82) is 0 Å². The molecule has 0 heterocycles. The maximum Gasteiger partial charge on any atom is 0.416 e. The van der Waals surface area contributed by atoms with Crippen LogP contribution in [-0.4, -0.2) is 11.7 Å². The van der Waals surface area contributed by atoms with Crippen LogP contribution in [0.2, 0.25) is 0 Å². The van der Waals surface area contributed by atoms with E-state index >= 15 is 0 Å². The van der Waals surface area contributed by atoms with Gasteiger partial charge < -0.3 is 11.5 Å². The van der Waals surface area contributed by atoms with Gasteiger partial charge in [-0.3, -0.25) is 0 Å². The van der Waals surface area contributed by atoms with Gasteiger partial charge in [-0.15, -0.1) is 17.5 Å². The van der Waals surface area contributed by atoms with Crippen LogP contribution in [0.1, 0.15) is 18.1 Å². The summed E-state index contributed by atoms with van der Waals surface area (Å²) in [5, 5.41) is 6.98. The van der Waals surface area contributed by atoms with Crippen LogP contribution in [-0.2, 0) is 6.18 Å². The zero-order valence-electron chi connectivity index (χ0n) is 9.40. The lowest BCUT2D eigenvalue weighted by atomic mass is 10.1. The first-order valence-corrected chi connectivity index (χ1v) is 4.61. The molecule has 0 unspecified atom stereocenters. The molecule has 18 heavy (non-hydrogen) atoms. The van der Waals surface area contributed by atoms with E-state index in [1.54, 1.807) is 0 Å². The molecule has 0 fully saturated rings. The summed E-state index contributed by atoms with van der Waals surface area (Å²) in [4.78, 5) is 0. The Bertz CT molecular complexity index is 464. The first-order chi connectivity index (χ1) is 7.80. The Morgan fingerprint density at radius 3 is 2.28 bits per heavy atom. The number of nitrogens with zero attached hydrogens (tertiary/aromatic N) is 2. The summed E-state index contributed by atoms with van der Waals surface area (Å²) < 4.78 is 37.3. The van der Waals surface area contributed by atoms with E-state index in [-0.39, 0.29) is 18.4 Å². The number of nitrogens with two attached hydrogens (primary N) is 2. The summed E-state index contributed by atoms with van der Waals surface area (Å²) in [5.74, 6) is -0.253. The van der Waals surface area contributed by atoms with Crippen molar-refractivity contribution in [3.8, 4) is 0 Å². The van der Waals surface area contributed by atoms with Crippen LogP contribution in [0.5, 0.6) is 0 Å². The van der Waals surface area contributed by atoms with Gasteiger partial charge in [0.1, 0.15) is 0 Å². The van der Waals surface area contributed by atoms with Crippen molar-refractivity contribution >= 4 is 24.1 Å². The van der Waals surface area contributed by atoms with Gasteiger partial charge in [0, 0.05) is 0 Å². The van der Waals surface area contributed by atoms with Crippen LogP contribution in [0, 0.1) is 0 Å². The fraction of sp³-hybridized carbons (Fsp3) is 0.200. The zero-order chi connectivity index (χ0) is 13.1. The van der Waals surface area contributed by atoms with E-state index in [2.05, 4.69) is 10.2 Å². The minimum absolute atomic E-state index is 0. The molecule has 1 aromatic carbocycles. The molecule has 4 N–H and O–H groups in total. The highest BCUT2D eigenvalue weighted by atomic mass is 35.5. The van der Waals surface area contributed by atoms with Gasteiger partial charge in [-0.2, -0.15) is 18.3 Å². The minimum Gasteiger partial charge on any atom is -0.369 e. The predicted octanol–water partition coefficient (Wildman–Crippen LogP) is 2.12. The quantitative estimate of drug-likeness (QED) is 0.494. The van der Waals surface area contributed by atoms with E-state index in [4.69, 9.17) is 11.5 Å². The highest BCUT2D eigenvalue weighted by Gasteiger charge is 2.30. The molecule has 0 amide bonds. The van der Waals surface area contributed by atoms with E-state index in [0.29, 0.717) is 11.3 Å². The van der Waals surface area contributed by atoms with Crippen molar-refractivity contribution in [3.05, 3.63) is 35.4 Å². The maximum atomic E-state index is 12.4. The van der Waals surface area contributed by atoms with Gasteiger partial charge in [0.15, 0.2) is 0 Å². The number of halogens is 4. The van der Waals surface area contributed by atoms with Gasteiger partial charge in [-0.05, 0) is 24.6 Å². The van der Waals surface area contributed by atoms with Crippen molar-refractivity contribution in [2.45, 2.75) is 13.1 Å². The third kappa shape index (κ3) is 4.62. The Morgan fingerprint density at radius 1 is 1.17 bits per heavy atom. The number of benzene rings is 1. The molecular formula is C10H12ClF3N4. The third-order valence-corrected chi connectivity index (χ3v) is 1.92. The highest BCUT2D eigenvalue weighted by molar-refractivity contribution is 5.99. The molecular weight excluding hydrogens is 269 g/mol. The van der Waals surface area contributed by atoms with E-state index in [1.807, 2.05) is 0 Å². The van der Waals surface area contributed by atoms with Gasteiger partial charge >= 0.3 is 6.18 Å². The average molecular weight is 281 g/mol. The average Bonchev–Trinajstić information content (AvgIpc) is 2.25. The topological polar surface area (TPSA) is 76.8 Å². The van der Waals surface area contributed by atoms with Gasteiger partial charge in [0.05, 0.1) is 11.3 Å². The third-order valence-electron chi connectivity index (χ3n) is 1.92. The van der Waals surface area contributed by atoms with E-state index in [1.165, 1.54) is 19.1 Å². The number of alkyl halides is 3. The largest absolute Gasteiger partial charge is 0.416 e. The lowest BCUT2D eigenvalue weighted by Gasteiger charge is -2.07. The first kappa shape index (κ1) is 16.2. The highest BCUT2D eigenvalue weighted by Crippen LogP contribution is 2.29. The lowest BCUT2D eigenvalue weighted by molar-refractivity contribution is -0.137. The molecule has 0 aromatic heterocycles. The Morgan fingerprint density at radius 2 is 1.78 bits per heavy atom. The Kier molecular flexibility index (Phi) is 5.64. The molecule has 0 aliphatic rings. The molecule has 8 heteroatoms. The molecule has 4 nitrogen and oxygen atoms in total. The molecule has 1 rings (SSSR count). The van der Waals surface area contributed by atoms with Crippen LogP contribution in [0.3, 0.4) is 0 Å². The molecule has 0 atom stereocenters. The molecule has 0 saturated heterocycles. The van der Waals surface area contributed by atoms with Crippen LogP contribution in [0.15, 0.2) is 34.5 Å². The van der Waals surface area contributed by atoms with Gasteiger partial charge in [-0.25, -0.2) is 0 Å². The van der Waals surface area contributed by atoms with Crippen molar-refractivity contribution in [1.82, 2.24) is 0 Å². The van der Waals surface area contributed by atoms with Crippen LogP contribution in [0.25, 0.3) is 0 Å². The van der Waals surface area contributed by atoms with Crippen molar-refractivity contribution < 1.29 is 13.2 Å². The number of guanidine groups is 1. The minimum atomic E-state index is -4.38. The summed E-state index contributed by atoms with van der Waals surface area (Å²) >= 11 is 0. The monoisotopic (exact) mass is 280 g/mol. The lowest BCUT2D eigenvalue weighted by Crippen LogP contribution is -2.22. The normalized spacial score (nSPS) is 11.7. The van der Waals surface area contributed by atoms with Crippen LogP contribution < -0.4 is 11.5 Å². The second kappa shape index (κ2) is 6.25. The molecule has 0 spiro atoms. The van der Waals surface area contributed by atoms with Crippen molar-refractivity contribution in [2.24, 2.45) is 21.7 Å². The standard InChI is InChI=1S/C10H11F3N4.ClH/c1-6(16-17-9(14)15)7-3-2-4-8(5-7)10(11,12)13;/h2-5H,1H3,(H4,14,15,17);1H/b16-6+;. The van der Waals surface area contributed by atoms with Crippen molar-refractivity contribution in [2.75, 3.05) is 0 Å². The molecule has 0 aliphatic carbocycles. The van der Waals surface area contributed by atoms with Crippen LogP contribution in [0.4, 0.5) is 13.2 Å². The summed E-state index contributed by atoms with van der Waals surface area (Å²) in [6.07, 6.45) is -4.38. The van der Waals surface area contributed by atoms with Crippen LogP contribution >= 0.6 is 12.4 Å². The summed E-state index contributed by atoms with van der Waals surface area (Å²) in [7, 11) is 0. The van der Waals surface area contributed by atoms with Crippen molar-refractivity contribution in [3.63, 3.8) is 0 Å². The summed E-state index contributed by atoms with van der Waals surface area (Å²) in [6, 6.07) is 4.77. The zero-order valence-corrected chi connectivity index (χ0v) is 10.2. The molecule has 0 radical (unpaired) electrons. The summed E-state index contributed by atoms with van der Waals surface area (Å²) in [6.45, 7) is 1.52. The predicted molar refractivity (Wildman–Crippen MR) is 66.7 cm³/mol. The second-order valence-electron chi connectivity index (χ2n) is 3.29. The smallest absolute Gasteiger partial charge is 0.369 e. The van der Waals surface area contributed by atoms with Gasteiger partial charge in [0.25, 0.3) is 0 Å². The van der Waals surface area contributed by atoms with Gasteiger partial charge in [0.2, 0.25) is 5.96 Å². The maximum absolute atomic E-state index is 12.4. The SMILES string of the molecule is C/C(=N\N=C(N)N)c1cccc(C(F)(F)F)c1.Cl. The molecule has 1 aromatic rings. The molecule has 0 aliphatic heterocycles.